The maximum Gasteiger partial charge on any atom is -0.0391 e. The lowest BCUT2D eigenvalue weighted by Crippen LogP contribution is -2.12. The molecular weight excluding hydrogens is 360 g/mol. The van der Waals surface area contributed by atoms with E-state index in [-0.39, 0.29) is 22.3 Å². The molecule has 3 fully saturated rings. The van der Waals surface area contributed by atoms with Gasteiger partial charge in [-0.05, 0) is 35.5 Å². The lowest BCUT2D eigenvalue weighted by molar-refractivity contribution is 0.279. The predicted molar refractivity (Wildman–Crippen MR) is 144 cm³/mol. The van der Waals surface area contributed by atoms with Gasteiger partial charge < -0.3 is 0 Å². The van der Waals surface area contributed by atoms with E-state index in [1.54, 1.807) is 0 Å². The molecule has 30 heavy (non-hydrogen) atoms. The van der Waals surface area contributed by atoms with Crippen molar-refractivity contribution in [1.29, 1.82) is 0 Å². The van der Waals surface area contributed by atoms with Gasteiger partial charge in [0.15, 0.2) is 0 Å². The van der Waals surface area contributed by atoms with Gasteiger partial charge in [-0.2, -0.15) is 0 Å². The summed E-state index contributed by atoms with van der Waals surface area (Å²) in [5.41, 5.74) is 0. The molecule has 0 aromatic heterocycles. The third-order valence-electron chi connectivity index (χ3n) is 7.78. The summed E-state index contributed by atoms with van der Waals surface area (Å²) in [5.74, 6) is 5.97. The average molecular weight is 427 g/mol. The first-order valence-electron chi connectivity index (χ1n) is 12.9. The molecule has 3 saturated carbocycles. The van der Waals surface area contributed by atoms with E-state index in [2.05, 4.69) is 41.5 Å². The smallest absolute Gasteiger partial charge is 0.0391 e. The van der Waals surface area contributed by atoms with Gasteiger partial charge in [0.2, 0.25) is 0 Å². The van der Waals surface area contributed by atoms with E-state index in [1.165, 1.54) is 96.3 Å². The zero-order chi connectivity index (χ0) is 20.1. The SMILES string of the molecule is C.C.C.CC(C)C1CCCC1.CC(C)C1CCCCC1.CC(C)C1CCCCCC1. The van der Waals surface area contributed by atoms with Crippen molar-refractivity contribution in [2.75, 3.05) is 0 Å². The Morgan fingerprint density at radius 3 is 0.700 bits per heavy atom. The Bertz CT molecular complexity index is 307. The molecule has 3 aliphatic rings. The van der Waals surface area contributed by atoms with Crippen LogP contribution in [-0.2, 0) is 0 Å². The minimum atomic E-state index is 0. The number of hydrogen-bond donors (Lipinski definition) is 0. The van der Waals surface area contributed by atoms with Crippen LogP contribution in [0.3, 0.4) is 0 Å². The van der Waals surface area contributed by atoms with Crippen LogP contribution in [0.4, 0.5) is 0 Å². The lowest BCUT2D eigenvalue weighted by Gasteiger charge is -2.24. The van der Waals surface area contributed by atoms with Gasteiger partial charge in [0.25, 0.3) is 0 Å². The largest absolute Gasteiger partial charge is 0.0776 e. The normalized spacial score (nSPS) is 20.7. The maximum absolute atomic E-state index is 2.37. The van der Waals surface area contributed by atoms with Crippen molar-refractivity contribution in [2.24, 2.45) is 35.5 Å². The van der Waals surface area contributed by atoms with E-state index in [0.717, 1.165) is 35.5 Å². The van der Waals surface area contributed by atoms with Gasteiger partial charge in [-0.25, -0.2) is 0 Å². The molecule has 0 bridgehead atoms. The molecule has 0 radical (unpaired) electrons. The molecule has 0 N–H and O–H groups in total. The van der Waals surface area contributed by atoms with Gasteiger partial charge in [0.1, 0.15) is 0 Å². The van der Waals surface area contributed by atoms with Crippen LogP contribution < -0.4 is 0 Å². The molecule has 0 nitrogen and oxygen atoms in total. The van der Waals surface area contributed by atoms with E-state index >= 15 is 0 Å². The van der Waals surface area contributed by atoms with Crippen molar-refractivity contribution < 1.29 is 0 Å². The van der Waals surface area contributed by atoms with E-state index in [0.29, 0.717) is 0 Å². The standard InChI is InChI=1S/C10H20.C9H18.C8H16.3CH4/c1-9(2)10-7-5-3-4-6-8-10;1-8(2)9-6-4-3-5-7-9;1-7(2)8-5-3-4-6-8;;;/h9-10H,3-8H2,1-2H3;8-9H,3-7H2,1-2H3;7-8H,3-6H2,1-2H3;3*1H4. The first-order chi connectivity index (χ1) is 12.9. The highest BCUT2D eigenvalue weighted by Crippen LogP contribution is 2.31. The van der Waals surface area contributed by atoms with Crippen LogP contribution in [0.15, 0.2) is 0 Å². The van der Waals surface area contributed by atoms with Crippen LogP contribution in [0, 0.1) is 35.5 Å². The lowest BCUT2D eigenvalue weighted by atomic mass is 9.82. The van der Waals surface area contributed by atoms with Gasteiger partial charge >= 0.3 is 0 Å². The Balaban J connectivity index is -0.000000349. The molecule has 186 valence electrons. The summed E-state index contributed by atoms with van der Waals surface area (Å²) in [6, 6.07) is 0. The molecule has 0 unspecified atom stereocenters. The molecule has 0 spiro atoms. The van der Waals surface area contributed by atoms with Gasteiger partial charge in [-0.1, -0.05) is 160 Å². The van der Waals surface area contributed by atoms with Crippen LogP contribution in [0.2, 0.25) is 0 Å². The molecule has 0 aromatic carbocycles. The first-order valence-corrected chi connectivity index (χ1v) is 12.9. The van der Waals surface area contributed by atoms with Gasteiger partial charge in [0, 0.05) is 0 Å². The minimum Gasteiger partial charge on any atom is -0.0776 e. The van der Waals surface area contributed by atoms with Crippen LogP contribution >= 0.6 is 0 Å². The molecule has 3 aliphatic carbocycles. The van der Waals surface area contributed by atoms with Crippen LogP contribution in [0.1, 0.15) is 160 Å². The van der Waals surface area contributed by atoms with Crippen molar-refractivity contribution in [1.82, 2.24) is 0 Å². The van der Waals surface area contributed by atoms with Crippen molar-refractivity contribution in [3.8, 4) is 0 Å². The quantitative estimate of drug-likeness (QED) is 0.393. The Labute approximate surface area is 195 Å². The van der Waals surface area contributed by atoms with Crippen molar-refractivity contribution in [3.63, 3.8) is 0 Å². The summed E-state index contributed by atoms with van der Waals surface area (Å²) >= 11 is 0. The second-order valence-corrected chi connectivity index (χ2v) is 10.9. The predicted octanol–water partition coefficient (Wildman–Crippen LogP) is 11.6. The summed E-state index contributed by atoms with van der Waals surface area (Å²) in [6.07, 6.45) is 22.4. The van der Waals surface area contributed by atoms with Crippen molar-refractivity contribution in [2.45, 2.75) is 160 Å². The fourth-order valence-corrected chi connectivity index (χ4v) is 5.40. The van der Waals surface area contributed by atoms with Crippen LogP contribution in [0.5, 0.6) is 0 Å². The van der Waals surface area contributed by atoms with Crippen molar-refractivity contribution in [3.05, 3.63) is 0 Å². The molecule has 0 heterocycles. The zero-order valence-corrected chi connectivity index (χ0v) is 20.1. The fourth-order valence-electron chi connectivity index (χ4n) is 5.40. The molecule has 0 amide bonds. The third-order valence-corrected chi connectivity index (χ3v) is 7.78. The summed E-state index contributed by atoms with van der Waals surface area (Å²) in [6.45, 7) is 14.1. The second-order valence-electron chi connectivity index (χ2n) is 10.9. The Morgan fingerprint density at radius 2 is 0.500 bits per heavy atom. The van der Waals surface area contributed by atoms with Crippen molar-refractivity contribution >= 4 is 0 Å². The summed E-state index contributed by atoms with van der Waals surface area (Å²) in [4.78, 5) is 0. The van der Waals surface area contributed by atoms with Gasteiger partial charge in [-0.3, -0.25) is 0 Å². The first kappa shape index (κ1) is 34.6. The van der Waals surface area contributed by atoms with E-state index in [9.17, 15) is 0 Å². The Morgan fingerprint density at radius 1 is 0.333 bits per heavy atom. The van der Waals surface area contributed by atoms with E-state index in [1.807, 2.05) is 0 Å². The number of rotatable bonds is 3. The molecule has 0 aliphatic heterocycles. The average Bonchev–Trinajstić information content (AvgIpc) is 3.06. The van der Waals surface area contributed by atoms with E-state index < -0.39 is 0 Å². The van der Waals surface area contributed by atoms with Crippen LogP contribution in [0.25, 0.3) is 0 Å². The summed E-state index contributed by atoms with van der Waals surface area (Å²) < 4.78 is 0. The number of hydrogen-bond acceptors (Lipinski definition) is 0. The highest BCUT2D eigenvalue weighted by atomic mass is 14.2. The maximum atomic E-state index is 2.37. The molecule has 0 aromatic rings. The van der Waals surface area contributed by atoms with E-state index in [4.69, 9.17) is 0 Å². The second kappa shape index (κ2) is 20.9. The minimum absolute atomic E-state index is 0. The Hall–Kier alpha value is 0. The topological polar surface area (TPSA) is 0 Å². The zero-order valence-electron chi connectivity index (χ0n) is 20.1. The van der Waals surface area contributed by atoms with Gasteiger partial charge in [-0.15, -0.1) is 0 Å². The monoisotopic (exact) mass is 427 g/mol. The molecule has 3 rings (SSSR count). The molecular formula is C30H66. The van der Waals surface area contributed by atoms with Crippen LogP contribution in [-0.4, -0.2) is 0 Å². The highest BCUT2D eigenvalue weighted by molar-refractivity contribution is 4.69. The van der Waals surface area contributed by atoms with Gasteiger partial charge in [0.05, 0.1) is 0 Å². The molecule has 0 atom stereocenters. The molecule has 0 saturated heterocycles. The summed E-state index contributed by atoms with van der Waals surface area (Å²) in [7, 11) is 0. The summed E-state index contributed by atoms with van der Waals surface area (Å²) in [5, 5.41) is 0. The Kier molecular flexibility index (Phi) is 24.1. The fraction of sp³-hybridized carbons (Fsp3) is 1.00. The highest BCUT2D eigenvalue weighted by Gasteiger charge is 2.17. The molecule has 0 heteroatoms. The third kappa shape index (κ3) is 15.8.